The molecule has 1 atom stereocenters. The van der Waals surface area contributed by atoms with Gasteiger partial charge in [-0.05, 0) is 30.4 Å². The Labute approximate surface area is 104 Å². The molecule has 0 bridgehead atoms. The third kappa shape index (κ3) is 2.83. The van der Waals surface area contributed by atoms with Gasteiger partial charge in [0.2, 0.25) is 0 Å². The molecule has 17 heavy (non-hydrogen) atoms. The van der Waals surface area contributed by atoms with Crippen LogP contribution in [0.25, 0.3) is 0 Å². The minimum Gasteiger partial charge on any atom is -0.491 e. The maximum absolute atomic E-state index is 13.1. The Morgan fingerprint density at radius 3 is 3.18 bits per heavy atom. The fourth-order valence-corrected chi connectivity index (χ4v) is 1.93. The second-order valence-corrected chi connectivity index (χ2v) is 4.08. The summed E-state index contributed by atoms with van der Waals surface area (Å²) in [6.07, 6.45) is 0. The number of nitrogens with one attached hydrogen (secondary N) is 2. The number of hydrogen-bond acceptors (Lipinski definition) is 3. The van der Waals surface area contributed by atoms with Gasteiger partial charge in [0.1, 0.15) is 18.2 Å². The van der Waals surface area contributed by atoms with Gasteiger partial charge >= 0.3 is 0 Å². The van der Waals surface area contributed by atoms with Gasteiger partial charge in [0.25, 0.3) is 0 Å². The summed E-state index contributed by atoms with van der Waals surface area (Å²) in [4.78, 5) is 0. The van der Waals surface area contributed by atoms with E-state index in [0.717, 1.165) is 5.56 Å². The number of hydrogen-bond donors (Lipinski definition) is 3. The highest BCUT2D eigenvalue weighted by molar-refractivity contribution is 7.80. The Morgan fingerprint density at radius 2 is 2.41 bits per heavy atom. The lowest BCUT2D eigenvalue weighted by atomic mass is 10.1. The summed E-state index contributed by atoms with van der Waals surface area (Å²) < 4.78 is 18.5. The predicted octanol–water partition coefficient (Wildman–Crippen LogP) is 0.716. The Morgan fingerprint density at radius 1 is 1.59 bits per heavy atom. The molecule has 1 aromatic rings. The number of rotatable bonds is 3. The van der Waals surface area contributed by atoms with Crippen LogP contribution >= 0.6 is 12.2 Å². The van der Waals surface area contributed by atoms with Gasteiger partial charge in [0.05, 0.1) is 12.6 Å². The fourth-order valence-electron chi connectivity index (χ4n) is 1.68. The van der Waals surface area contributed by atoms with E-state index < -0.39 is 0 Å². The summed E-state index contributed by atoms with van der Waals surface area (Å²) in [5.74, 6) is 0.379. The van der Waals surface area contributed by atoms with Crippen molar-refractivity contribution in [3.05, 3.63) is 29.6 Å². The average Bonchev–Trinajstić information content (AvgIpc) is 2.69. The van der Waals surface area contributed by atoms with Crippen molar-refractivity contribution in [1.82, 2.24) is 10.6 Å². The number of halogens is 1. The summed E-state index contributed by atoms with van der Waals surface area (Å²) in [5, 5.41) is 14.9. The zero-order valence-corrected chi connectivity index (χ0v) is 9.89. The lowest BCUT2D eigenvalue weighted by Gasteiger charge is -2.14. The molecule has 92 valence electrons. The molecule has 2 rings (SSSR count). The third-order valence-corrected chi connectivity index (χ3v) is 2.72. The van der Waals surface area contributed by atoms with Crippen LogP contribution in [0.15, 0.2) is 18.2 Å². The van der Waals surface area contributed by atoms with Crippen molar-refractivity contribution in [2.24, 2.45) is 0 Å². The third-order valence-electron chi connectivity index (χ3n) is 2.46. The molecular weight excluding hydrogens is 243 g/mol. The van der Waals surface area contributed by atoms with E-state index in [9.17, 15) is 4.39 Å². The van der Waals surface area contributed by atoms with Gasteiger partial charge in [-0.2, -0.15) is 0 Å². The Hall–Kier alpha value is -1.40. The molecule has 0 aliphatic carbocycles. The lowest BCUT2D eigenvalue weighted by Crippen LogP contribution is -2.39. The van der Waals surface area contributed by atoms with Crippen molar-refractivity contribution in [2.45, 2.75) is 6.04 Å². The van der Waals surface area contributed by atoms with E-state index in [1.54, 1.807) is 6.07 Å². The van der Waals surface area contributed by atoms with Crippen molar-refractivity contribution in [1.29, 1.82) is 0 Å². The summed E-state index contributed by atoms with van der Waals surface area (Å²) in [6.45, 7) is 0.809. The molecule has 0 fully saturated rings. The highest BCUT2D eigenvalue weighted by Crippen LogP contribution is 2.32. The Kier molecular flexibility index (Phi) is 3.75. The summed E-state index contributed by atoms with van der Waals surface area (Å²) >= 11 is 5.04. The molecule has 0 amide bonds. The first-order chi connectivity index (χ1) is 8.20. The van der Waals surface area contributed by atoms with E-state index >= 15 is 0 Å². The van der Waals surface area contributed by atoms with Crippen LogP contribution in [-0.2, 0) is 0 Å². The summed E-state index contributed by atoms with van der Waals surface area (Å²) in [5.41, 5.74) is 0.762. The quantitative estimate of drug-likeness (QED) is 0.696. The molecule has 3 N–H and O–H groups in total. The molecule has 1 unspecified atom stereocenters. The van der Waals surface area contributed by atoms with Gasteiger partial charge in [-0.15, -0.1) is 0 Å². The number of aliphatic hydroxyl groups is 1. The van der Waals surface area contributed by atoms with Crippen LogP contribution in [0.4, 0.5) is 4.39 Å². The largest absolute Gasteiger partial charge is 0.491 e. The van der Waals surface area contributed by atoms with Gasteiger partial charge in [-0.1, -0.05) is 0 Å². The Bertz CT molecular complexity index is 428. The second-order valence-electron chi connectivity index (χ2n) is 3.67. The number of fused-ring (bicyclic) bond motifs is 1. The monoisotopic (exact) mass is 256 g/mol. The highest BCUT2D eigenvalue weighted by atomic mass is 32.1. The molecule has 1 aliphatic heterocycles. The van der Waals surface area contributed by atoms with E-state index in [0.29, 0.717) is 24.0 Å². The van der Waals surface area contributed by atoms with Crippen molar-refractivity contribution >= 4 is 17.3 Å². The minimum absolute atomic E-state index is 0.00814. The lowest BCUT2D eigenvalue weighted by molar-refractivity contribution is 0.299. The molecule has 1 aromatic carbocycles. The zero-order chi connectivity index (χ0) is 12.3. The molecule has 0 aromatic heterocycles. The minimum atomic E-state index is -0.296. The first kappa shape index (κ1) is 12.1. The van der Waals surface area contributed by atoms with Crippen LogP contribution in [0.5, 0.6) is 5.75 Å². The fraction of sp³-hybridized carbons (Fsp3) is 0.364. The molecule has 1 heterocycles. The number of thiocarbonyl (C=S) groups is 1. The van der Waals surface area contributed by atoms with Gasteiger partial charge in [-0.3, -0.25) is 0 Å². The molecule has 0 saturated carbocycles. The van der Waals surface area contributed by atoms with E-state index in [1.165, 1.54) is 12.1 Å². The van der Waals surface area contributed by atoms with Crippen molar-refractivity contribution in [3.63, 3.8) is 0 Å². The standard InChI is InChI=1S/C11H13FN2O2S/c12-7-1-2-10-8(5-7)9(6-16-10)14-11(17)13-3-4-15/h1-2,5,9,15H,3-4,6H2,(H2,13,14,17). The molecule has 6 heteroatoms. The molecular formula is C11H13FN2O2S. The maximum atomic E-state index is 13.1. The topological polar surface area (TPSA) is 53.5 Å². The molecule has 0 saturated heterocycles. The van der Waals surface area contributed by atoms with Gasteiger partial charge < -0.3 is 20.5 Å². The highest BCUT2D eigenvalue weighted by Gasteiger charge is 2.24. The Balaban J connectivity index is 2.01. The predicted molar refractivity (Wildman–Crippen MR) is 65.5 cm³/mol. The van der Waals surface area contributed by atoms with E-state index in [1.807, 2.05) is 0 Å². The van der Waals surface area contributed by atoms with E-state index in [-0.39, 0.29) is 18.5 Å². The first-order valence-electron chi connectivity index (χ1n) is 5.28. The summed E-state index contributed by atoms with van der Waals surface area (Å²) in [6, 6.07) is 4.26. The van der Waals surface area contributed by atoms with Gasteiger partial charge in [-0.25, -0.2) is 4.39 Å². The molecule has 0 spiro atoms. The average molecular weight is 256 g/mol. The normalized spacial score (nSPS) is 17.2. The maximum Gasteiger partial charge on any atom is 0.166 e. The van der Waals surface area contributed by atoms with Crippen LogP contribution in [0, 0.1) is 5.82 Å². The van der Waals surface area contributed by atoms with Gasteiger partial charge in [0.15, 0.2) is 5.11 Å². The van der Waals surface area contributed by atoms with Crippen LogP contribution in [0.1, 0.15) is 11.6 Å². The summed E-state index contributed by atoms with van der Waals surface area (Å²) in [7, 11) is 0. The molecule has 1 aliphatic rings. The number of ether oxygens (including phenoxy) is 1. The molecule has 0 radical (unpaired) electrons. The van der Waals surface area contributed by atoms with Crippen molar-refractivity contribution in [2.75, 3.05) is 19.8 Å². The van der Waals surface area contributed by atoms with Crippen molar-refractivity contribution in [3.8, 4) is 5.75 Å². The van der Waals surface area contributed by atoms with E-state index in [4.69, 9.17) is 22.1 Å². The SMILES string of the molecule is OCCNC(=S)NC1COc2ccc(F)cc21. The van der Waals surface area contributed by atoms with Gasteiger partial charge in [0, 0.05) is 12.1 Å². The zero-order valence-electron chi connectivity index (χ0n) is 9.07. The van der Waals surface area contributed by atoms with Crippen LogP contribution in [-0.4, -0.2) is 30.0 Å². The van der Waals surface area contributed by atoms with Crippen LogP contribution < -0.4 is 15.4 Å². The first-order valence-corrected chi connectivity index (χ1v) is 5.69. The molecule has 4 nitrogen and oxygen atoms in total. The smallest absolute Gasteiger partial charge is 0.166 e. The van der Waals surface area contributed by atoms with E-state index in [2.05, 4.69) is 10.6 Å². The second kappa shape index (κ2) is 5.29. The van der Waals surface area contributed by atoms with Crippen molar-refractivity contribution < 1.29 is 14.2 Å². The van der Waals surface area contributed by atoms with Crippen LogP contribution in [0.2, 0.25) is 0 Å². The number of aliphatic hydroxyl groups excluding tert-OH is 1. The number of benzene rings is 1. The van der Waals surface area contributed by atoms with Crippen LogP contribution in [0.3, 0.4) is 0 Å².